The molecule has 0 aliphatic carbocycles. The van der Waals surface area contributed by atoms with Gasteiger partial charge in [0.1, 0.15) is 0 Å². The fourth-order valence-corrected chi connectivity index (χ4v) is 2.83. The monoisotopic (exact) mass is 263 g/mol. The van der Waals surface area contributed by atoms with Crippen molar-refractivity contribution < 1.29 is 0 Å². The molecule has 3 aromatic rings. The summed E-state index contributed by atoms with van der Waals surface area (Å²) in [5.74, 6) is 0.682. The zero-order valence-electron chi connectivity index (χ0n) is 12.3. The van der Waals surface area contributed by atoms with Crippen molar-refractivity contribution in [2.45, 2.75) is 26.8 Å². The maximum Gasteiger partial charge on any atom is 0.0497 e. The van der Waals surface area contributed by atoms with Crippen LogP contribution in [-0.4, -0.2) is 4.57 Å². The van der Waals surface area contributed by atoms with Crippen LogP contribution < -0.4 is 0 Å². The molecule has 20 heavy (non-hydrogen) atoms. The average molecular weight is 263 g/mol. The van der Waals surface area contributed by atoms with Crippen LogP contribution in [0.3, 0.4) is 0 Å². The summed E-state index contributed by atoms with van der Waals surface area (Å²) in [6.07, 6.45) is 3.12. The first-order valence-electron chi connectivity index (χ1n) is 7.38. The van der Waals surface area contributed by atoms with Crippen molar-refractivity contribution >= 4 is 27.9 Å². The Kier molecular flexibility index (Phi) is 3.35. The maximum absolute atomic E-state index is 3.89. The molecule has 0 unspecified atom stereocenters. The van der Waals surface area contributed by atoms with E-state index < -0.39 is 0 Å². The van der Waals surface area contributed by atoms with E-state index in [1.54, 1.807) is 0 Å². The van der Waals surface area contributed by atoms with Gasteiger partial charge in [0.2, 0.25) is 0 Å². The highest BCUT2D eigenvalue weighted by molar-refractivity contribution is 6.08. The second kappa shape index (κ2) is 5.16. The second-order valence-electron chi connectivity index (χ2n) is 5.62. The lowest BCUT2D eigenvalue weighted by molar-refractivity contribution is 0.485. The van der Waals surface area contributed by atoms with Crippen molar-refractivity contribution in [3.05, 3.63) is 54.6 Å². The Hall–Kier alpha value is -2.02. The molecule has 0 amide bonds. The van der Waals surface area contributed by atoms with Gasteiger partial charge < -0.3 is 4.57 Å². The van der Waals surface area contributed by atoms with Crippen molar-refractivity contribution in [1.82, 2.24) is 4.57 Å². The molecule has 1 heteroatoms. The van der Waals surface area contributed by atoms with Crippen molar-refractivity contribution in [3.8, 4) is 0 Å². The van der Waals surface area contributed by atoms with Crippen LogP contribution in [0.5, 0.6) is 0 Å². The molecule has 3 rings (SSSR count). The molecule has 0 saturated carbocycles. The molecule has 0 spiro atoms. The van der Waals surface area contributed by atoms with E-state index in [-0.39, 0.29) is 0 Å². The van der Waals surface area contributed by atoms with E-state index in [1.165, 1.54) is 33.8 Å². The van der Waals surface area contributed by atoms with Gasteiger partial charge in [0, 0.05) is 28.4 Å². The number of benzene rings is 2. The quantitative estimate of drug-likeness (QED) is 0.587. The Morgan fingerprint density at radius 2 is 1.85 bits per heavy atom. The minimum atomic E-state index is 0.682. The molecule has 0 fully saturated rings. The van der Waals surface area contributed by atoms with Crippen LogP contribution in [0.2, 0.25) is 0 Å². The standard InChI is InChI=1S/C19H21N/c1-4-14(3)13-20-18-9-7-6-8-16(18)17-11-10-15(5-2)12-19(17)20/h5-12,14H,2,4,13H2,1,3H3/t14-/m0/s1. The molecular formula is C19H21N. The third-order valence-electron chi connectivity index (χ3n) is 4.22. The number of para-hydroxylation sites is 1. The van der Waals surface area contributed by atoms with Crippen molar-refractivity contribution in [2.75, 3.05) is 0 Å². The summed E-state index contributed by atoms with van der Waals surface area (Å²) in [7, 11) is 0. The Morgan fingerprint density at radius 1 is 1.10 bits per heavy atom. The summed E-state index contributed by atoms with van der Waals surface area (Å²) in [5.41, 5.74) is 3.85. The van der Waals surface area contributed by atoms with E-state index >= 15 is 0 Å². The van der Waals surface area contributed by atoms with Crippen LogP contribution in [-0.2, 0) is 6.54 Å². The van der Waals surface area contributed by atoms with Crippen LogP contribution in [0.1, 0.15) is 25.8 Å². The van der Waals surface area contributed by atoms with E-state index in [1.807, 2.05) is 6.08 Å². The predicted octanol–water partition coefficient (Wildman–Crippen LogP) is 5.48. The normalized spacial score (nSPS) is 12.9. The molecule has 0 radical (unpaired) electrons. The van der Waals surface area contributed by atoms with Gasteiger partial charge in [0.25, 0.3) is 0 Å². The molecule has 0 N–H and O–H groups in total. The van der Waals surface area contributed by atoms with Gasteiger partial charge in [-0.25, -0.2) is 0 Å². The van der Waals surface area contributed by atoms with E-state index in [9.17, 15) is 0 Å². The zero-order chi connectivity index (χ0) is 14.1. The first-order chi connectivity index (χ1) is 9.74. The molecule has 0 aliphatic heterocycles. The summed E-state index contributed by atoms with van der Waals surface area (Å²) in [5, 5.41) is 2.69. The third kappa shape index (κ3) is 2.03. The van der Waals surface area contributed by atoms with Gasteiger partial charge >= 0.3 is 0 Å². The summed E-state index contributed by atoms with van der Waals surface area (Å²) >= 11 is 0. The number of rotatable bonds is 4. The van der Waals surface area contributed by atoms with Crippen molar-refractivity contribution in [1.29, 1.82) is 0 Å². The van der Waals surface area contributed by atoms with Crippen LogP contribution in [0.4, 0.5) is 0 Å². The molecule has 102 valence electrons. The third-order valence-corrected chi connectivity index (χ3v) is 4.22. The summed E-state index contributed by atoms with van der Waals surface area (Å²) in [4.78, 5) is 0. The lowest BCUT2D eigenvalue weighted by Crippen LogP contribution is -2.06. The molecule has 2 aromatic carbocycles. The topological polar surface area (TPSA) is 4.93 Å². The second-order valence-corrected chi connectivity index (χ2v) is 5.62. The summed E-state index contributed by atoms with van der Waals surface area (Å²) in [6, 6.07) is 15.3. The van der Waals surface area contributed by atoms with Crippen LogP contribution in [0.15, 0.2) is 49.0 Å². The van der Waals surface area contributed by atoms with Crippen LogP contribution in [0, 0.1) is 5.92 Å². The van der Waals surface area contributed by atoms with Crippen LogP contribution in [0.25, 0.3) is 27.9 Å². The fourth-order valence-electron chi connectivity index (χ4n) is 2.83. The highest BCUT2D eigenvalue weighted by Gasteiger charge is 2.12. The molecule has 0 bridgehead atoms. The fraction of sp³-hybridized carbons (Fsp3) is 0.263. The van der Waals surface area contributed by atoms with Gasteiger partial charge in [0.05, 0.1) is 0 Å². The summed E-state index contributed by atoms with van der Waals surface area (Å²) < 4.78 is 2.46. The van der Waals surface area contributed by atoms with E-state index in [4.69, 9.17) is 0 Å². The molecule has 1 aromatic heterocycles. The number of hydrogen-bond acceptors (Lipinski definition) is 0. The Bertz CT molecular complexity index is 764. The molecule has 1 atom stereocenters. The van der Waals surface area contributed by atoms with Gasteiger partial charge in [-0.1, -0.05) is 63.3 Å². The minimum Gasteiger partial charge on any atom is -0.340 e. The Labute approximate surface area is 120 Å². The smallest absolute Gasteiger partial charge is 0.0497 e. The van der Waals surface area contributed by atoms with Crippen molar-refractivity contribution in [3.63, 3.8) is 0 Å². The number of hydrogen-bond donors (Lipinski definition) is 0. The highest BCUT2D eigenvalue weighted by atomic mass is 15.0. The Morgan fingerprint density at radius 3 is 2.60 bits per heavy atom. The average Bonchev–Trinajstić information content (AvgIpc) is 2.81. The molecule has 1 nitrogen and oxygen atoms in total. The number of nitrogens with zero attached hydrogens (tertiary/aromatic N) is 1. The largest absolute Gasteiger partial charge is 0.340 e. The van der Waals surface area contributed by atoms with Gasteiger partial charge in [-0.15, -0.1) is 0 Å². The van der Waals surface area contributed by atoms with Gasteiger partial charge in [-0.2, -0.15) is 0 Å². The zero-order valence-corrected chi connectivity index (χ0v) is 12.3. The molecule has 0 aliphatic rings. The first kappa shape index (κ1) is 13.0. The molecular weight excluding hydrogens is 242 g/mol. The lowest BCUT2D eigenvalue weighted by atomic mass is 10.1. The molecule has 0 saturated heterocycles. The van der Waals surface area contributed by atoms with E-state index in [2.05, 4.69) is 67.5 Å². The van der Waals surface area contributed by atoms with Crippen molar-refractivity contribution in [2.24, 2.45) is 5.92 Å². The first-order valence-corrected chi connectivity index (χ1v) is 7.38. The minimum absolute atomic E-state index is 0.682. The van der Waals surface area contributed by atoms with Crippen LogP contribution >= 0.6 is 0 Å². The predicted molar refractivity (Wildman–Crippen MR) is 89.0 cm³/mol. The van der Waals surface area contributed by atoms with Gasteiger partial charge in [0.15, 0.2) is 0 Å². The molecule has 1 heterocycles. The van der Waals surface area contributed by atoms with E-state index in [0.29, 0.717) is 5.92 Å². The van der Waals surface area contributed by atoms with E-state index in [0.717, 1.165) is 6.54 Å². The number of aromatic nitrogens is 1. The van der Waals surface area contributed by atoms with Gasteiger partial charge in [-0.05, 0) is 23.6 Å². The van der Waals surface area contributed by atoms with Gasteiger partial charge in [-0.3, -0.25) is 0 Å². The highest BCUT2D eigenvalue weighted by Crippen LogP contribution is 2.30. The summed E-state index contributed by atoms with van der Waals surface area (Å²) in [6.45, 7) is 9.53. The number of fused-ring (bicyclic) bond motifs is 3. The lowest BCUT2D eigenvalue weighted by Gasteiger charge is -2.13. The SMILES string of the molecule is C=Cc1ccc2c3ccccc3n(C[C@@H](C)CC)c2c1. The maximum atomic E-state index is 3.89. The Balaban J connectivity index is 2.33.